The number of hydroxylamine groups is 2. The zero-order valence-electron chi connectivity index (χ0n) is 19.4. The lowest BCUT2D eigenvalue weighted by Gasteiger charge is -2.25. The van der Waals surface area contributed by atoms with E-state index in [4.69, 9.17) is 14.3 Å². The fourth-order valence-corrected chi connectivity index (χ4v) is 4.68. The number of carbonyl (C=O) groups is 2. The first-order valence-electron chi connectivity index (χ1n) is 11.3. The van der Waals surface area contributed by atoms with Gasteiger partial charge in [-0.2, -0.15) is 5.06 Å². The largest absolute Gasteiger partial charge is 0.493 e. The van der Waals surface area contributed by atoms with Gasteiger partial charge in [-0.05, 0) is 41.0 Å². The maximum absolute atomic E-state index is 13.4. The van der Waals surface area contributed by atoms with Gasteiger partial charge < -0.3 is 9.47 Å². The van der Waals surface area contributed by atoms with Crippen LogP contribution in [0.1, 0.15) is 22.7 Å². The Balaban J connectivity index is 1.36. The third-order valence-corrected chi connectivity index (χ3v) is 6.42. The third-order valence-electron chi connectivity index (χ3n) is 6.42. The van der Waals surface area contributed by atoms with Crippen molar-refractivity contribution in [2.45, 2.75) is 25.3 Å². The number of methoxy groups -OCH3 is 1. The van der Waals surface area contributed by atoms with Crippen molar-refractivity contribution in [3.8, 4) is 11.5 Å². The van der Waals surface area contributed by atoms with Gasteiger partial charge in [-0.1, -0.05) is 48.5 Å². The van der Waals surface area contributed by atoms with E-state index in [1.165, 1.54) is 24.1 Å². The molecule has 2 aliphatic rings. The standard InChI is InChI=1S/C27H25FN2O5/c1-29-24(23-25(35-29)27(32)30(26(23)31)15-17-6-4-3-5-7-17)19-10-13-21(22(14-19)33-2)34-16-18-8-11-20(28)12-9-18/h3-14,23-25H,15-16H2,1-2H3/t23-,24+,25+/m0/s1. The van der Waals surface area contributed by atoms with Crippen molar-refractivity contribution >= 4 is 11.8 Å². The second-order valence-electron chi connectivity index (χ2n) is 8.62. The first-order valence-corrected chi connectivity index (χ1v) is 11.3. The van der Waals surface area contributed by atoms with Crippen molar-refractivity contribution in [2.24, 2.45) is 5.92 Å². The molecule has 3 aromatic carbocycles. The molecule has 0 unspecified atom stereocenters. The van der Waals surface area contributed by atoms with Crippen LogP contribution in [0.25, 0.3) is 0 Å². The van der Waals surface area contributed by atoms with Crippen LogP contribution in [0.4, 0.5) is 4.39 Å². The van der Waals surface area contributed by atoms with Crippen LogP contribution in [-0.2, 0) is 27.6 Å². The minimum atomic E-state index is -0.860. The Kier molecular flexibility index (Phi) is 6.23. The summed E-state index contributed by atoms with van der Waals surface area (Å²) in [5.74, 6) is -0.554. The van der Waals surface area contributed by atoms with Crippen LogP contribution in [0.5, 0.6) is 11.5 Å². The van der Waals surface area contributed by atoms with E-state index < -0.39 is 18.1 Å². The van der Waals surface area contributed by atoms with Crippen LogP contribution >= 0.6 is 0 Å². The average molecular weight is 477 g/mol. The molecule has 3 atom stereocenters. The molecule has 35 heavy (non-hydrogen) atoms. The number of hydrogen-bond acceptors (Lipinski definition) is 6. The lowest BCUT2D eigenvalue weighted by molar-refractivity contribution is -0.170. The second kappa shape index (κ2) is 9.48. The Morgan fingerprint density at radius 3 is 2.37 bits per heavy atom. The molecule has 2 aliphatic heterocycles. The van der Waals surface area contributed by atoms with Gasteiger partial charge in [-0.15, -0.1) is 0 Å². The summed E-state index contributed by atoms with van der Waals surface area (Å²) in [5.41, 5.74) is 2.47. The highest BCUT2D eigenvalue weighted by Crippen LogP contribution is 2.45. The molecule has 5 rings (SSSR count). The van der Waals surface area contributed by atoms with Crippen molar-refractivity contribution in [1.29, 1.82) is 0 Å². The predicted molar refractivity (Wildman–Crippen MR) is 125 cm³/mol. The summed E-state index contributed by atoms with van der Waals surface area (Å²) in [6.45, 7) is 0.458. The first kappa shape index (κ1) is 23.0. The van der Waals surface area contributed by atoms with Crippen LogP contribution in [-0.4, -0.2) is 42.0 Å². The van der Waals surface area contributed by atoms with E-state index >= 15 is 0 Å². The van der Waals surface area contributed by atoms with Crippen LogP contribution in [0, 0.1) is 11.7 Å². The van der Waals surface area contributed by atoms with E-state index in [0.29, 0.717) is 11.5 Å². The normalized spacial score (nSPS) is 21.9. The van der Waals surface area contributed by atoms with E-state index in [9.17, 15) is 14.0 Å². The van der Waals surface area contributed by atoms with Gasteiger partial charge in [0.1, 0.15) is 12.4 Å². The molecule has 2 fully saturated rings. The molecule has 0 aromatic heterocycles. The third kappa shape index (κ3) is 4.38. The van der Waals surface area contributed by atoms with Crippen molar-refractivity contribution in [3.63, 3.8) is 0 Å². The molecular formula is C27H25FN2O5. The molecular weight excluding hydrogens is 451 g/mol. The Morgan fingerprint density at radius 1 is 0.914 bits per heavy atom. The lowest BCUT2D eigenvalue weighted by Crippen LogP contribution is -2.35. The summed E-state index contributed by atoms with van der Waals surface area (Å²) in [5, 5.41) is 1.57. The highest BCUT2D eigenvalue weighted by atomic mass is 19.1. The number of likely N-dealkylation sites (tertiary alicyclic amines) is 1. The molecule has 2 saturated heterocycles. The number of halogens is 1. The Bertz CT molecular complexity index is 1230. The summed E-state index contributed by atoms with van der Waals surface area (Å²) < 4.78 is 24.6. The molecule has 0 N–H and O–H groups in total. The monoisotopic (exact) mass is 476 g/mol. The number of benzene rings is 3. The SMILES string of the molecule is COc1cc([C@@H]2[C@@H]3C(=O)N(Cc4ccccc4)C(=O)[C@@H]3ON2C)ccc1OCc1ccc(F)cc1. The lowest BCUT2D eigenvalue weighted by atomic mass is 9.91. The summed E-state index contributed by atoms with van der Waals surface area (Å²) in [4.78, 5) is 33.5. The molecule has 180 valence electrons. The molecule has 0 bridgehead atoms. The number of hydrogen-bond donors (Lipinski definition) is 0. The highest BCUT2D eigenvalue weighted by Gasteiger charge is 2.58. The van der Waals surface area contributed by atoms with Gasteiger partial charge in [0.05, 0.1) is 25.6 Å². The second-order valence-corrected chi connectivity index (χ2v) is 8.62. The molecule has 0 saturated carbocycles. The summed E-state index contributed by atoms with van der Waals surface area (Å²) in [7, 11) is 3.25. The van der Waals surface area contributed by atoms with Crippen LogP contribution in [0.3, 0.4) is 0 Å². The van der Waals surface area contributed by atoms with Gasteiger partial charge in [-0.25, -0.2) is 4.39 Å². The quantitative estimate of drug-likeness (QED) is 0.482. The van der Waals surface area contributed by atoms with Gasteiger partial charge in [0.2, 0.25) is 5.91 Å². The molecule has 2 amide bonds. The molecule has 7 nitrogen and oxygen atoms in total. The van der Waals surface area contributed by atoms with E-state index in [1.54, 1.807) is 36.4 Å². The van der Waals surface area contributed by atoms with Gasteiger partial charge in [-0.3, -0.25) is 19.3 Å². The van der Waals surface area contributed by atoms with Crippen molar-refractivity contribution in [2.75, 3.05) is 14.2 Å². The maximum atomic E-state index is 13.4. The van der Waals surface area contributed by atoms with Crippen LogP contribution in [0.15, 0.2) is 72.8 Å². The number of imide groups is 1. The molecule has 2 heterocycles. The fourth-order valence-electron chi connectivity index (χ4n) is 4.68. The predicted octanol–water partition coefficient (Wildman–Crippen LogP) is 3.89. The van der Waals surface area contributed by atoms with E-state index in [1.807, 2.05) is 36.4 Å². The van der Waals surface area contributed by atoms with E-state index in [2.05, 4.69) is 0 Å². The van der Waals surface area contributed by atoms with Crippen molar-refractivity contribution in [3.05, 3.63) is 95.3 Å². The van der Waals surface area contributed by atoms with Gasteiger partial charge in [0, 0.05) is 7.05 Å². The number of carbonyl (C=O) groups excluding carboxylic acids is 2. The van der Waals surface area contributed by atoms with E-state index in [0.717, 1.165) is 16.7 Å². The Hall–Kier alpha value is -3.75. The number of ether oxygens (including phenoxy) is 2. The topological polar surface area (TPSA) is 68.3 Å². The molecule has 8 heteroatoms. The summed E-state index contributed by atoms with van der Waals surface area (Å²) >= 11 is 0. The van der Waals surface area contributed by atoms with E-state index in [-0.39, 0.29) is 30.8 Å². The molecule has 3 aromatic rings. The minimum absolute atomic E-state index is 0.213. The number of nitrogens with zero attached hydrogens (tertiary/aromatic N) is 2. The molecule has 0 aliphatic carbocycles. The number of rotatable bonds is 7. The molecule has 0 spiro atoms. The molecule has 0 radical (unpaired) electrons. The first-order chi connectivity index (χ1) is 17.0. The average Bonchev–Trinajstić information content (AvgIpc) is 3.33. The summed E-state index contributed by atoms with van der Waals surface area (Å²) in [6.07, 6.45) is -0.860. The van der Waals surface area contributed by atoms with Crippen LogP contribution < -0.4 is 9.47 Å². The Labute approximate surface area is 202 Å². The zero-order valence-corrected chi connectivity index (χ0v) is 19.4. The minimum Gasteiger partial charge on any atom is -0.493 e. The highest BCUT2D eigenvalue weighted by molar-refractivity contribution is 6.07. The zero-order chi connectivity index (χ0) is 24.5. The van der Waals surface area contributed by atoms with Crippen molar-refractivity contribution < 1.29 is 28.3 Å². The van der Waals surface area contributed by atoms with Gasteiger partial charge in [0.25, 0.3) is 5.91 Å². The maximum Gasteiger partial charge on any atom is 0.261 e. The fraction of sp³-hybridized carbons (Fsp3) is 0.259. The summed E-state index contributed by atoms with van der Waals surface area (Å²) in [6, 6.07) is 20.4. The van der Waals surface area contributed by atoms with Crippen molar-refractivity contribution in [1.82, 2.24) is 9.96 Å². The van der Waals surface area contributed by atoms with Gasteiger partial charge >= 0.3 is 0 Å². The number of amides is 2. The smallest absolute Gasteiger partial charge is 0.261 e. The Morgan fingerprint density at radius 2 is 1.66 bits per heavy atom. The van der Waals surface area contributed by atoms with Crippen LogP contribution in [0.2, 0.25) is 0 Å². The number of fused-ring (bicyclic) bond motifs is 1. The van der Waals surface area contributed by atoms with Gasteiger partial charge in [0.15, 0.2) is 17.6 Å².